The van der Waals surface area contributed by atoms with Crippen LogP contribution in [0.25, 0.3) is 5.57 Å². The maximum absolute atomic E-state index is 13.4. The predicted molar refractivity (Wildman–Crippen MR) is 118 cm³/mol. The Bertz CT molecular complexity index is 1170. The van der Waals surface area contributed by atoms with Gasteiger partial charge in [0.2, 0.25) is 0 Å². The summed E-state index contributed by atoms with van der Waals surface area (Å²) < 4.78 is 5.45. The zero-order valence-corrected chi connectivity index (χ0v) is 17.1. The maximum Gasteiger partial charge on any atom is 0.282 e. The van der Waals surface area contributed by atoms with Gasteiger partial charge in [-0.3, -0.25) is 9.59 Å². The number of carbonyl (C=O) groups is 2. The van der Waals surface area contributed by atoms with Crippen LogP contribution in [0.1, 0.15) is 16.7 Å². The van der Waals surface area contributed by atoms with Gasteiger partial charge in [0.1, 0.15) is 11.4 Å². The highest BCUT2D eigenvalue weighted by Gasteiger charge is 2.40. The van der Waals surface area contributed by atoms with E-state index in [0.29, 0.717) is 28.3 Å². The number of benzene rings is 3. The van der Waals surface area contributed by atoms with Crippen LogP contribution in [0.3, 0.4) is 0 Å². The number of anilines is 2. The van der Waals surface area contributed by atoms with Crippen molar-refractivity contribution in [3.8, 4) is 5.75 Å². The summed E-state index contributed by atoms with van der Waals surface area (Å²) in [5, 5.41) is 3.19. The molecule has 0 unspecified atom stereocenters. The van der Waals surface area contributed by atoms with Gasteiger partial charge in [-0.2, -0.15) is 0 Å². The second kappa shape index (κ2) is 7.87. The monoisotopic (exact) mass is 398 g/mol. The van der Waals surface area contributed by atoms with Crippen LogP contribution in [0.5, 0.6) is 5.75 Å². The molecule has 1 heterocycles. The SMILES string of the molecule is COc1ccc(C)cc1NC1=C(c2ccccc2)C(=O)N(c2cccc(C)c2)C1=O. The predicted octanol–water partition coefficient (Wildman–Crippen LogP) is 4.71. The Morgan fingerprint density at radius 2 is 1.53 bits per heavy atom. The molecular formula is C25H22N2O3. The zero-order valence-electron chi connectivity index (χ0n) is 17.1. The molecule has 5 nitrogen and oxygen atoms in total. The third kappa shape index (κ3) is 3.46. The standard InChI is InChI=1S/C25H22N2O3/c1-16-8-7-11-19(14-16)27-24(28)22(18-9-5-4-6-10-18)23(25(27)29)26-20-15-17(2)12-13-21(20)30-3/h4-15,26H,1-3H3. The molecule has 3 aromatic carbocycles. The molecule has 0 saturated heterocycles. The average Bonchev–Trinajstić information content (AvgIpc) is 2.98. The average molecular weight is 398 g/mol. The second-order valence-electron chi connectivity index (χ2n) is 7.23. The van der Waals surface area contributed by atoms with Crippen molar-refractivity contribution in [3.63, 3.8) is 0 Å². The topological polar surface area (TPSA) is 58.6 Å². The molecule has 1 aliphatic heterocycles. The first-order chi connectivity index (χ1) is 14.5. The molecule has 0 aromatic heterocycles. The first kappa shape index (κ1) is 19.5. The van der Waals surface area contributed by atoms with Crippen LogP contribution >= 0.6 is 0 Å². The molecule has 0 saturated carbocycles. The number of hydrogen-bond acceptors (Lipinski definition) is 4. The Morgan fingerprint density at radius 1 is 0.800 bits per heavy atom. The normalized spacial score (nSPS) is 13.8. The van der Waals surface area contributed by atoms with Gasteiger partial charge in [-0.05, 0) is 54.8 Å². The summed E-state index contributed by atoms with van der Waals surface area (Å²) in [5.41, 5.74) is 4.41. The lowest BCUT2D eigenvalue weighted by molar-refractivity contribution is -0.120. The van der Waals surface area contributed by atoms with E-state index in [9.17, 15) is 9.59 Å². The van der Waals surface area contributed by atoms with Gasteiger partial charge in [-0.1, -0.05) is 48.5 Å². The maximum atomic E-state index is 13.4. The number of rotatable bonds is 5. The molecule has 5 heteroatoms. The summed E-state index contributed by atoms with van der Waals surface area (Å²) in [6.07, 6.45) is 0. The number of aryl methyl sites for hydroxylation is 2. The van der Waals surface area contributed by atoms with Gasteiger partial charge in [0.25, 0.3) is 11.8 Å². The number of carbonyl (C=O) groups excluding carboxylic acids is 2. The molecular weight excluding hydrogens is 376 g/mol. The van der Waals surface area contributed by atoms with Crippen LogP contribution in [-0.4, -0.2) is 18.9 Å². The van der Waals surface area contributed by atoms with Crippen LogP contribution in [0, 0.1) is 13.8 Å². The third-order valence-corrected chi connectivity index (χ3v) is 5.02. The van der Waals surface area contributed by atoms with Gasteiger partial charge >= 0.3 is 0 Å². The van der Waals surface area contributed by atoms with E-state index in [-0.39, 0.29) is 11.6 Å². The van der Waals surface area contributed by atoms with Crippen molar-refractivity contribution in [1.29, 1.82) is 0 Å². The van der Waals surface area contributed by atoms with E-state index in [2.05, 4.69) is 5.32 Å². The lowest BCUT2D eigenvalue weighted by Gasteiger charge is -2.16. The minimum absolute atomic E-state index is 0.233. The molecule has 0 radical (unpaired) electrons. The molecule has 1 aliphatic rings. The lowest BCUT2D eigenvalue weighted by atomic mass is 10.0. The molecule has 0 aliphatic carbocycles. The molecule has 3 aromatic rings. The summed E-state index contributed by atoms with van der Waals surface area (Å²) in [5.74, 6) is -0.159. The van der Waals surface area contributed by atoms with Gasteiger partial charge < -0.3 is 10.1 Å². The minimum atomic E-state index is -0.395. The van der Waals surface area contributed by atoms with E-state index in [4.69, 9.17) is 4.74 Å². The van der Waals surface area contributed by atoms with Crippen molar-refractivity contribution in [2.75, 3.05) is 17.3 Å². The van der Waals surface area contributed by atoms with Gasteiger partial charge in [0, 0.05) is 0 Å². The van der Waals surface area contributed by atoms with Gasteiger partial charge in [-0.15, -0.1) is 0 Å². The van der Waals surface area contributed by atoms with Crippen LogP contribution in [0.4, 0.5) is 11.4 Å². The van der Waals surface area contributed by atoms with Crippen molar-refractivity contribution in [2.24, 2.45) is 0 Å². The Labute approximate surface area is 175 Å². The largest absolute Gasteiger partial charge is 0.495 e. The van der Waals surface area contributed by atoms with E-state index in [1.807, 2.05) is 80.6 Å². The fraction of sp³-hybridized carbons (Fsp3) is 0.120. The fourth-order valence-corrected chi connectivity index (χ4v) is 3.57. The van der Waals surface area contributed by atoms with E-state index in [1.54, 1.807) is 13.2 Å². The summed E-state index contributed by atoms with van der Waals surface area (Å²) in [7, 11) is 1.57. The summed E-state index contributed by atoms with van der Waals surface area (Å²) in [4.78, 5) is 28.1. The molecule has 0 spiro atoms. The minimum Gasteiger partial charge on any atom is -0.495 e. The molecule has 0 bridgehead atoms. The van der Waals surface area contributed by atoms with Crippen molar-refractivity contribution in [3.05, 3.63) is 95.2 Å². The van der Waals surface area contributed by atoms with Crippen LogP contribution in [0.15, 0.2) is 78.5 Å². The zero-order chi connectivity index (χ0) is 21.3. The number of hydrogen-bond donors (Lipinski definition) is 1. The number of ether oxygens (including phenoxy) is 1. The number of amides is 2. The quantitative estimate of drug-likeness (QED) is 0.633. The third-order valence-electron chi connectivity index (χ3n) is 5.02. The molecule has 2 amide bonds. The van der Waals surface area contributed by atoms with Gasteiger partial charge in [-0.25, -0.2) is 4.90 Å². The Morgan fingerprint density at radius 3 is 2.23 bits per heavy atom. The highest BCUT2D eigenvalue weighted by atomic mass is 16.5. The van der Waals surface area contributed by atoms with E-state index >= 15 is 0 Å². The van der Waals surface area contributed by atoms with Crippen molar-refractivity contribution in [2.45, 2.75) is 13.8 Å². The lowest BCUT2D eigenvalue weighted by Crippen LogP contribution is -2.32. The summed E-state index contributed by atoms with van der Waals surface area (Å²) in [6, 6.07) is 22.2. The van der Waals surface area contributed by atoms with E-state index in [0.717, 1.165) is 11.1 Å². The summed E-state index contributed by atoms with van der Waals surface area (Å²) >= 11 is 0. The van der Waals surface area contributed by atoms with Gasteiger partial charge in [0.15, 0.2) is 0 Å². The Kier molecular flexibility index (Phi) is 5.11. The number of imide groups is 1. The molecule has 150 valence electrons. The van der Waals surface area contributed by atoms with Crippen LogP contribution < -0.4 is 15.0 Å². The number of nitrogens with zero attached hydrogens (tertiary/aromatic N) is 1. The van der Waals surface area contributed by atoms with Crippen LogP contribution in [-0.2, 0) is 9.59 Å². The molecule has 30 heavy (non-hydrogen) atoms. The highest BCUT2D eigenvalue weighted by molar-refractivity contribution is 6.46. The smallest absolute Gasteiger partial charge is 0.282 e. The number of methoxy groups -OCH3 is 1. The molecule has 1 N–H and O–H groups in total. The Hall–Kier alpha value is -3.86. The Balaban J connectivity index is 1.85. The molecule has 4 rings (SSSR count). The van der Waals surface area contributed by atoms with Crippen LogP contribution in [0.2, 0.25) is 0 Å². The van der Waals surface area contributed by atoms with E-state index in [1.165, 1.54) is 4.90 Å². The second-order valence-corrected chi connectivity index (χ2v) is 7.23. The molecule has 0 fully saturated rings. The van der Waals surface area contributed by atoms with E-state index < -0.39 is 5.91 Å². The number of nitrogens with one attached hydrogen (secondary N) is 1. The first-order valence-electron chi connectivity index (χ1n) is 9.66. The molecule has 0 atom stereocenters. The van der Waals surface area contributed by atoms with Gasteiger partial charge in [0.05, 0.1) is 24.1 Å². The van der Waals surface area contributed by atoms with Crippen molar-refractivity contribution in [1.82, 2.24) is 0 Å². The van der Waals surface area contributed by atoms with Crippen molar-refractivity contribution >= 4 is 28.8 Å². The first-order valence-corrected chi connectivity index (χ1v) is 9.66. The highest BCUT2D eigenvalue weighted by Crippen LogP contribution is 2.36. The fourth-order valence-electron chi connectivity index (χ4n) is 3.57. The summed E-state index contributed by atoms with van der Waals surface area (Å²) in [6.45, 7) is 3.88. The van der Waals surface area contributed by atoms with Crippen molar-refractivity contribution < 1.29 is 14.3 Å².